The molecule has 21 heavy (non-hydrogen) atoms. The van der Waals surface area contributed by atoms with Gasteiger partial charge in [0.2, 0.25) is 0 Å². The molecule has 0 aromatic heterocycles. The zero-order valence-corrected chi connectivity index (χ0v) is 12.5. The van der Waals surface area contributed by atoms with Crippen LogP contribution in [0.25, 0.3) is 0 Å². The Morgan fingerprint density at radius 1 is 1.48 bits per heavy atom. The highest BCUT2D eigenvalue weighted by molar-refractivity contribution is 5.79. The quantitative estimate of drug-likeness (QED) is 0.846. The highest BCUT2D eigenvalue weighted by Gasteiger charge is 2.25. The number of phenolic OH excluding ortho intramolecular Hbond substituents is 1. The smallest absolute Gasteiger partial charge is 0.313 e. The van der Waals surface area contributed by atoms with Crippen LogP contribution in [0.4, 0.5) is 0 Å². The number of esters is 1. The SMILES string of the molecule is CCOC(=O)[C@H](C)c1cccc(O)c1O[C@@H]1CCCCO1. The van der Waals surface area contributed by atoms with Crippen LogP contribution in [-0.4, -0.2) is 30.6 Å². The first kappa shape index (κ1) is 15.6. The normalized spacial score (nSPS) is 19.8. The number of aromatic hydroxyl groups is 1. The van der Waals surface area contributed by atoms with Crippen molar-refractivity contribution in [3.05, 3.63) is 23.8 Å². The van der Waals surface area contributed by atoms with Crippen LogP contribution < -0.4 is 4.74 Å². The lowest BCUT2D eigenvalue weighted by Crippen LogP contribution is -2.26. The Labute approximate surface area is 124 Å². The molecule has 5 heteroatoms. The van der Waals surface area contributed by atoms with Crippen LogP contribution in [-0.2, 0) is 14.3 Å². The molecule has 1 aliphatic rings. The average Bonchev–Trinajstić information content (AvgIpc) is 2.50. The second kappa shape index (κ2) is 7.31. The minimum Gasteiger partial charge on any atom is -0.504 e. The number of hydrogen-bond donors (Lipinski definition) is 1. The van der Waals surface area contributed by atoms with Gasteiger partial charge in [0.1, 0.15) is 0 Å². The van der Waals surface area contributed by atoms with Crippen molar-refractivity contribution in [1.29, 1.82) is 0 Å². The van der Waals surface area contributed by atoms with Crippen molar-refractivity contribution in [3.8, 4) is 11.5 Å². The van der Waals surface area contributed by atoms with Gasteiger partial charge in [0.25, 0.3) is 0 Å². The van der Waals surface area contributed by atoms with E-state index in [1.54, 1.807) is 32.0 Å². The number of phenols is 1. The Morgan fingerprint density at radius 3 is 2.95 bits per heavy atom. The molecule has 2 rings (SSSR count). The van der Waals surface area contributed by atoms with Gasteiger partial charge in [0.15, 0.2) is 17.8 Å². The van der Waals surface area contributed by atoms with Crippen molar-refractivity contribution in [2.24, 2.45) is 0 Å². The lowest BCUT2D eigenvalue weighted by molar-refractivity contribution is -0.144. The highest BCUT2D eigenvalue weighted by atomic mass is 16.7. The monoisotopic (exact) mass is 294 g/mol. The zero-order valence-electron chi connectivity index (χ0n) is 12.5. The molecule has 1 heterocycles. The first-order chi connectivity index (χ1) is 10.1. The molecule has 1 aliphatic heterocycles. The second-order valence-corrected chi connectivity index (χ2v) is 5.08. The molecule has 116 valence electrons. The Kier molecular flexibility index (Phi) is 5.44. The number of rotatable bonds is 5. The third-order valence-electron chi connectivity index (χ3n) is 3.52. The van der Waals surface area contributed by atoms with Gasteiger partial charge in [-0.1, -0.05) is 12.1 Å². The minimum atomic E-state index is -0.504. The number of para-hydroxylation sites is 1. The topological polar surface area (TPSA) is 65.0 Å². The van der Waals surface area contributed by atoms with Crippen molar-refractivity contribution >= 4 is 5.97 Å². The van der Waals surface area contributed by atoms with Crippen molar-refractivity contribution < 1.29 is 24.1 Å². The summed E-state index contributed by atoms with van der Waals surface area (Å²) in [6.07, 6.45) is 2.45. The van der Waals surface area contributed by atoms with Gasteiger partial charge >= 0.3 is 5.97 Å². The Hall–Kier alpha value is -1.75. The summed E-state index contributed by atoms with van der Waals surface area (Å²) >= 11 is 0. The minimum absolute atomic E-state index is 0.0119. The first-order valence-electron chi connectivity index (χ1n) is 7.40. The summed E-state index contributed by atoms with van der Waals surface area (Å²) in [5, 5.41) is 10.0. The van der Waals surface area contributed by atoms with Crippen LogP contribution in [0.2, 0.25) is 0 Å². The molecule has 1 N–H and O–H groups in total. The van der Waals surface area contributed by atoms with E-state index in [0.717, 1.165) is 19.3 Å². The molecule has 1 aromatic rings. The lowest BCUT2D eigenvalue weighted by atomic mass is 9.99. The van der Waals surface area contributed by atoms with Crippen LogP contribution in [0.3, 0.4) is 0 Å². The van der Waals surface area contributed by atoms with Gasteiger partial charge in [-0.05, 0) is 32.8 Å². The van der Waals surface area contributed by atoms with Gasteiger partial charge in [-0.2, -0.15) is 0 Å². The van der Waals surface area contributed by atoms with Gasteiger partial charge in [-0.15, -0.1) is 0 Å². The second-order valence-electron chi connectivity index (χ2n) is 5.08. The molecule has 5 nitrogen and oxygen atoms in total. The molecule has 0 unspecified atom stereocenters. The van der Waals surface area contributed by atoms with Crippen LogP contribution in [0, 0.1) is 0 Å². The molecule has 2 atom stereocenters. The third-order valence-corrected chi connectivity index (χ3v) is 3.52. The summed E-state index contributed by atoms with van der Waals surface area (Å²) in [6.45, 7) is 4.48. The molecule has 0 radical (unpaired) electrons. The molecule has 0 aliphatic carbocycles. The van der Waals surface area contributed by atoms with E-state index in [1.165, 1.54) is 0 Å². The summed E-state index contributed by atoms with van der Waals surface area (Å²) in [4.78, 5) is 11.9. The van der Waals surface area contributed by atoms with Crippen LogP contribution >= 0.6 is 0 Å². The van der Waals surface area contributed by atoms with Gasteiger partial charge < -0.3 is 19.3 Å². The van der Waals surface area contributed by atoms with E-state index in [9.17, 15) is 9.90 Å². The Bertz CT molecular complexity index is 480. The lowest BCUT2D eigenvalue weighted by Gasteiger charge is -2.26. The molecule has 1 fully saturated rings. The Morgan fingerprint density at radius 2 is 2.29 bits per heavy atom. The maximum Gasteiger partial charge on any atom is 0.313 e. The number of benzene rings is 1. The number of carbonyl (C=O) groups is 1. The summed E-state index contributed by atoms with van der Waals surface area (Å²) in [6, 6.07) is 4.99. The summed E-state index contributed by atoms with van der Waals surface area (Å²) < 4.78 is 16.4. The van der Waals surface area contributed by atoms with Crippen LogP contribution in [0.5, 0.6) is 11.5 Å². The predicted octanol–water partition coefficient (Wildman–Crippen LogP) is 2.96. The van der Waals surface area contributed by atoms with E-state index in [2.05, 4.69) is 0 Å². The van der Waals surface area contributed by atoms with Crippen LogP contribution in [0.15, 0.2) is 18.2 Å². The maximum atomic E-state index is 11.9. The molecule has 1 saturated heterocycles. The molecule has 0 saturated carbocycles. The predicted molar refractivity (Wildman–Crippen MR) is 77.4 cm³/mol. The molecule has 0 spiro atoms. The van der Waals surface area contributed by atoms with E-state index < -0.39 is 5.92 Å². The third kappa shape index (κ3) is 3.88. The molecule has 1 aromatic carbocycles. The largest absolute Gasteiger partial charge is 0.504 e. The molecule has 0 amide bonds. The van der Waals surface area contributed by atoms with Gasteiger partial charge in [0.05, 0.1) is 19.1 Å². The summed E-state index contributed by atoms with van der Waals surface area (Å²) in [7, 11) is 0. The van der Waals surface area contributed by atoms with Gasteiger partial charge in [-0.25, -0.2) is 0 Å². The fraction of sp³-hybridized carbons (Fsp3) is 0.562. The first-order valence-corrected chi connectivity index (χ1v) is 7.40. The van der Waals surface area contributed by atoms with Crippen molar-refractivity contribution in [2.75, 3.05) is 13.2 Å². The Balaban J connectivity index is 2.20. The average molecular weight is 294 g/mol. The zero-order chi connectivity index (χ0) is 15.2. The fourth-order valence-electron chi connectivity index (χ4n) is 2.34. The van der Waals surface area contributed by atoms with E-state index >= 15 is 0 Å². The molecule has 0 bridgehead atoms. The van der Waals surface area contributed by atoms with E-state index in [-0.39, 0.29) is 18.0 Å². The highest BCUT2D eigenvalue weighted by Crippen LogP contribution is 2.37. The standard InChI is InChI=1S/C16H22O5/c1-3-19-16(18)11(2)12-7-6-8-13(17)15(12)21-14-9-4-5-10-20-14/h6-8,11,14,17H,3-5,9-10H2,1-2H3/t11-,14-/m1/s1. The summed E-state index contributed by atoms with van der Waals surface area (Å²) in [5.41, 5.74) is 0.614. The number of carbonyl (C=O) groups excluding carboxylic acids is 1. The molecular formula is C16H22O5. The van der Waals surface area contributed by atoms with Crippen molar-refractivity contribution in [2.45, 2.75) is 45.3 Å². The van der Waals surface area contributed by atoms with E-state index in [4.69, 9.17) is 14.2 Å². The van der Waals surface area contributed by atoms with E-state index in [0.29, 0.717) is 24.5 Å². The maximum absolute atomic E-state index is 11.9. The van der Waals surface area contributed by atoms with E-state index in [1.807, 2.05) is 0 Å². The fourth-order valence-corrected chi connectivity index (χ4v) is 2.34. The molecular weight excluding hydrogens is 272 g/mol. The number of hydrogen-bond acceptors (Lipinski definition) is 5. The van der Waals surface area contributed by atoms with Crippen molar-refractivity contribution in [3.63, 3.8) is 0 Å². The van der Waals surface area contributed by atoms with Gasteiger partial charge in [-0.3, -0.25) is 4.79 Å². The van der Waals surface area contributed by atoms with Crippen LogP contribution in [0.1, 0.15) is 44.6 Å². The number of ether oxygens (including phenoxy) is 3. The summed E-state index contributed by atoms with van der Waals surface area (Å²) in [5.74, 6) is -0.518. The van der Waals surface area contributed by atoms with Gasteiger partial charge in [0, 0.05) is 12.0 Å². The van der Waals surface area contributed by atoms with Crippen molar-refractivity contribution in [1.82, 2.24) is 0 Å².